The number of anilines is 1. The van der Waals surface area contributed by atoms with Crippen LogP contribution < -0.4 is 4.90 Å². The van der Waals surface area contributed by atoms with Crippen LogP contribution in [-0.2, 0) is 4.79 Å². The van der Waals surface area contributed by atoms with Gasteiger partial charge < -0.3 is 4.90 Å². The third kappa shape index (κ3) is 1.85. The van der Waals surface area contributed by atoms with Gasteiger partial charge in [0.05, 0.1) is 11.2 Å². The van der Waals surface area contributed by atoms with Gasteiger partial charge in [0, 0.05) is 30.4 Å². The summed E-state index contributed by atoms with van der Waals surface area (Å²) in [6.45, 7) is 0.705. The molecule has 3 nitrogen and oxygen atoms in total. The van der Waals surface area contributed by atoms with Crippen molar-refractivity contribution in [1.29, 1.82) is 0 Å². The Morgan fingerprint density at radius 1 is 1.33 bits per heavy atom. The molecular weight excluding hydrogens is 248 g/mol. The van der Waals surface area contributed by atoms with Gasteiger partial charge in [-0.05, 0) is 18.1 Å². The number of hydrogen-bond donors (Lipinski definition) is 0. The number of carbonyl (C=O) groups excluding carboxylic acids is 1. The van der Waals surface area contributed by atoms with E-state index in [1.807, 2.05) is 35.2 Å². The Morgan fingerprint density at radius 2 is 2.17 bits per heavy atom. The quantitative estimate of drug-likeness (QED) is 0.778. The van der Waals surface area contributed by atoms with E-state index in [4.69, 9.17) is 11.6 Å². The van der Waals surface area contributed by atoms with Crippen molar-refractivity contribution in [1.82, 2.24) is 4.98 Å². The molecule has 1 fully saturated rings. The first-order valence-corrected chi connectivity index (χ1v) is 6.53. The molecule has 2 aromatic rings. The van der Waals surface area contributed by atoms with Gasteiger partial charge in [0.15, 0.2) is 0 Å². The van der Waals surface area contributed by atoms with Crippen LogP contribution in [0.5, 0.6) is 0 Å². The molecule has 1 unspecified atom stereocenters. The zero-order chi connectivity index (χ0) is 12.5. The summed E-state index contributed by atoms with van der Waals surface area (Å²) in [7, 11) is 0. The minimum atomic E-state index is 0.150. The van der Waals surface area contributed by atoms with E-state index >= 15 is 0 Å². The molecule has 0 saturated carbocycles. The molecule has 0 radical (unpaired) electrons. The number of para-hydroxylation sites is 1. The number of hydrogen-bond acceptors (Lipinski definition) is 2. The van der Waals surface area contributed by atoms with Gasteiger partial charge >= 0.3 is 0 Å². The lowest BCUT2D eigenvalue weighted by molar-refractivity contribution is -0.117. The van der Waals surface area contributed by atoms with Crippen LogP contribution in [0.1, 0.15) is 6.42 Å². The van der Waals surface area contributed by atoms with Crippen LogP contribution >= 0.6 is 11.6 Å². The number of halogens is 1. The average Bonchev–Trinajstić information content (AvgIpc) is 2.79. The molecule has 2 heterocycles. The summed E-state index contributed by atoms with van der Waals surface area (Å²) in [4.78, 5) is 18.2. The summed E-state index contributed by atoms with van der Waals surface area (Å²) in [5, 5.41) is 1.02. The Kier molecular flexibility index (Phi) is 2.92. The first kappa shape index (κ1) is 11.5. The van der Waals surface area contributed by atoms with Gasteiger partial charge in [0.1, 0.15) is 0 Å². The molecule has 1 aliphatic rings. The van der Waals surface area contributed by atoms with Gasteiger partial charge in [-0.15, -0.1) is 11.6 Å². The first-order chi connectivity index (χ1) is 8.79. The normalized spacial score (nSPS) is 19.7. The number of fused-ring (bicyclic) bond motifs is 1. The van der Waals surface area contributed by atoms with E-state index in [0.29, 0.717) is 18.8 Å². The molecule has 1 aromatic carbocycles. The molecule has 4 heteroatoms. The number of alkyl halides is 1. The van der Waals surface area contributed by atoms with Crippen molar-refractivity contribution < 1.29 is 4.79 Å². The van der Waals surface area contributed by atoms with Crippen molar-refractivity contribution in [3.8, 4) is 0 Å². The highest BCUT2D eigenvalue weighted by atomic mass is 35.5. The second-order valence-corrected chi connectivity index (χ2v) is 4.88. The molecule has 0 aliphatic carbocycles. The molecule has 1 aliphatic heterocycles. The summed E-state index contributed by atoms with van der Waals surface area (Å²) < 4.78 is 0. The zero-order valence-corrected chi connectivity index (χ0v) is 10.6. The van der Waals surface area contributed by atoms with E-state index < -0.39 is 0 Å². The zero-order valence-electron chi connectivity index (χ0n) is 9.84. The molecule has 18 heavy (non-hydrogen) atoms. The lowest BCUT2D eigenvalue weighted by Crippen LogP contribution is -2.24. The van der Waals surface area contributed by atoms with Crippen molar-refractivity contribution in [3.05, 3.63) is 36.5 Å². The number of nitrogens with zero attached hydrogens (tertiary/aromatic N) is 2. The summed E-state index contributed by atoms with van der Waals surface area (Å²) in [5.74, 6) is 0.939. The minimum Gasteiger partial charge on any atom is -0.311 e. The van der Waals surface area contributed by atoms with Crippen LogP contribution in [-0.4, -0.2) is 23.3 Å². The van der Waals surface area contributed by atoms with Crippen molar-refractivity contribution in [2.24, 2.45) is 5.92 Å². The van der Waals surface area contributed by atoms with Crippen LogP contribution in [0.15, 0.2) is 36.5 Å². The summed E-state index contributed by atoms with van der Waals surface area (Å²) in [6, 6.07) is 9.77. The molecule has 0 N–H and O–H groups in total. The minimum absolute atomic E-state index is 0.150. The Hall–Kier alpha value is -1.61. The number of pyridine rings is 1. The van der Waals surface area contributed by atoms with Gasteiger partial charge in [-0.2, -0.15) is 0 Å². The maximum atomic E-state index is 12.0. The second kappa shape index (κ2) is 4.58. The number of benzene rings is 1. The molecule has 1 aromatic heterocycles. The smallest absolute Gasteiger partial charge is 0.227 e. The van der Waals surface area contributed by atoms with Gasteiger partial charge in [0.25, 0.3) is 0 Å². The summed E-state index contributed by atoms with van der Waals surface area (Å²) >= 11 is 5.85. The molecule has 1 saturated heterocycles. The highest BCUT2D eigenvalue weighted by Crippen LogP contribution is 2.30. The lowest BCUT2D eigenvalue weighted by Gasteiger charge is -2.18. The summed E-state index contributed by atoms with van der Waals surface area (Å²) in [5.41, 5.74) is 1.86. The van der Waals surface area contributed by atoms with E-state index in [2.05, 4.69) is 4.98 Å². The van der Waals surface area contributed by atoms with Crippen LogP contribution in [0.4, 0.5) is 5.69 Å². The van der Waals surface area contributed by atoms with Crippen molar-refractivity contribution in [3.63, 3.8) is 0 Å². The number of rotatable bonds is 2. The number of carbonyl (C=O) groups is 1. The highest BCUT2D eigenvalue weighted by Gasteiger charge is 2.30. The molecule has 0 bridgehead atoms. The topological polar surface area (TPSA) is 33.2 Å². The van der Waals surface area contributed by atoms with E-state index in [9.17, 15) is 4.79 Å². The molecule has 0 spiro atoms. The molecule has 1 atom stereocenters. The largest absolute Gasteiger partial charge is 0.311 e. The Labute approximate surface area is 110 Å². The predicted molar refractivity (Wildman–Crippen MR) is 72.9 cm³/mol. The molecular formula is C14H13ClN2O. The standard InChI is InChI=1S/C14H13ClN2O/c15-8-10-7-14(18)17(9-10)13-5-6-16-12-4-2-1-3-11(12)13/h1-6,10H,7-9H2. The number of aromatic nitrogens is 1. The third-order valence-electron chi connectivity index (χ3n) is 3.34. The van der Waals surface area contributed by atoms with E-state index in [-0.39, 0.29) is 11.8 Å². The summed E-state index contributed by atoms with van der Waals surface area (Å²) in [6.07, 6.45) is 2.29. The maximum absolute atomic E-state index is 12.0. The van der Waals surface area contributed by atoms with Crippen LogP contribution in [0.3, 0.4) is 0 Å². The van der Waals surface area contributed by atoms with E-state index in [1.54, 1.807) is 6.20 Å². The van der Waals surface area contributed by atoms with Gasteiger partial charge in [-0.25, -0.2) is 0 Å². The van der Waals surface area contributed by atoms with Crippen LogP contribution in [0.25, 0.3) is 10.9 Å². The SMILES string of the molecule is O=C1CC(CCl)CN1c1ccnc2ccccc12. The van der Waals surface area contributed by atoms with Gasteiger partial charge in [-0.1, -0.05) is 18.2 Å². The molecule has 92 valence electrons. The van der Waals surface area contributed by atoms with Crippen molar-refractivity contribution >= 4 is 34.1 Å². The predicted octanol–water partition coefficient (Wildman–Crippen LogP) is 2.83. The number of amides is 1. The monoisotopic (exact) mass is 260 g/mol. The Bertz CT molecular complexity index is 594. The van der Waals surface area contributed by atoms with Crippen LogP contribution in [0.2, 0.25) is 0 Å². The van der Waals surface area contributed by atoms with E-state index in [1.165, 1.54) is 0 Å². The first-order valence-electron chi connectivity index (χ1n) is 5.99. The van der Waals surface area contributed by atoms with Crippen molar-refractivity contribution in [2.45, 2.75) is 6.42 Å². The second-order valence-electron chi connectivity index (χ2n) is 4.58. The maximum Gasteiger partial charge on any atom is 0.227 e. The van der Waals surface area contributed by atoms with E-state index in [0.717, 1.165) is 16.6 Å². The average molecular weight is 261 g/mol. The Balaban J connectivity index is 2.07. The van der Waals surface area contributed by atoms with Crippen molar-refractivity contribution in [2.75, 3.05) is 17.3 Å². The fraction of sp³-hybridized carbons (Fsp3) is 0.286. The lowest BCUT2D eigenvalue weighted by atomic mass is 10.1. The van der Waals surface area contributed by atoms with Crippen LogP contribution in [0, 0.1) is 5.92 Å². The Morgan fingerprint density at radius 3 is 2.94 bits per heavy atom. The fourth-order valence-electron chi connectivity index (χ4n) is 2.43. The molecule has 3 rings (SSSR count). The van der Waals surface area contributed by atoms with Gasteiger partial charge in [0.2, 0.25) is 5.91 Å². The molecule has 1 amide bonds. The third-order valence-corrected chi connectivity index (χ3v) is 3.78. The highest BCUT2D eigenvalue weighted by molar-refractivity contribution is 6.18. The fourth-order valence-corrected chi connectivity index (χ4v) is 2.64. The van der Waals surface area contributed by atoms with Gasteiger partial charge in [-0.3, -0.25) is 9.78 Å².